The van der Waals surface area contributed by atoms with Gasteiger partial charge in [-0.3, -0.25) is 4.79 Å². The number of nitrogens with two attached hydrogens (primary N) is 1. The Labute approximate surface area is 156 Å². The maximum atomic E-state index is 11.6. The van der Waals surface area contributed by atoms with Crippen LogP contribution in [0.15, 0.2) is 18.2 Å². The molecule has 8 heteroatoms. The molecule has 24 heavy (non-hydrogen) atoms. The van der Waals surface area contributed by atoms with Gasteiger partial charge >= 0.3 is 0 Å². The maximum Gasteiger partial charge on any atom is 0.241 e. The minimum absolute atomic E-state index is 0. The Morgan fingerprint density at radius 2 is 1.88 bits per heavy atom. The maximum absolute atomic E-state index is 11.6. The number of anilines is 1. The number of hydrogen-bond acceptors (Lipinski definition) is 5. The van der Waals surface area contributed by atoms with Gasteiger partial charge in [-0.2, -0.15) is 0 Å². The van der Waals surface area contributed by atoms with Gasteiger partial charge in [-0.25, -0.2) is 0 Å². The van der Waals surface area contributed by atoms with Crippen molar-refractivity contribution in [1.82, 2.24) is 4.90 Å². The standard InChI is InChI=1S/C16H27N3O3.2ClH/c1-5-19(6-2)9-10-22-15-11-13(7-8-14(15)21-4)18-16(20)12(3)17;;/h7-8,11-12H,5-6,9-10,17H2,1-4H3,(H,18,20);2*1H. The summed E-state index contributed by atoms with van der Waals surface area (Å²) in [7, 11) is 1.59. The van der Waals surface area contributed by atoms with Gasteiger partial charge in [-0.1, -0.05) is 13.8 Å². The highest BCUT2D eigenvalue weighted by Gasteiger charge is 2.11. The summed E-state index contributed by atoms with van der Waals surface area (Å²) in [5.41, 5.74) is 6.19. The number of hydrogen-bond donors (Lipinski definition) is 2. The predicted octanol–water partition coefficient (Wildman–Crippen LogP) is 2.55. The van der Waals surface area contributed by atoms with Crippen LogP contribution in [0.4, 0.5) is 5.69 Å². The average Bonchev–Trinajstić information content (AvgIpc) is 2.51. The molecule has 0 aliphatic rings. The molecule has 1 atom stereocenters. The van der Waals surface area contributed by atoms with E-state index < -0.39 is 6.04 Å². The molecular weight excluding hydrogens is 353 g/mol. The summed E-state index contributed by atoms with van der Waals surface area (Å²) in [5.74, 6) is 1.01. The largest absolute Gasteiger partial charge is 0.493 e. The zero-order chi connectivity index (χ0) is 16.5. The highest BCUT2D eigenvalue weighted by atomic mass is 35.5. The van der Waals surface area contributed by atoms with E-state index in [4.69, 9.17) is 15.2 Å². The van der Waals surface area contributed by atoms with Crippen LogP contribution < -0.4 is 20.5 Å². The molecule has 1 amide bonds. The molecule has 1 aromatic rings. The van der Waals surface area contributed by atoms with E-state index in [-0.39, 0.29) is 30.7 Å². The van der Waals surface area contributed by atoms with Gasteiger partial charge < -0.3 is 25.4 Å². The molecular formula is C16H29Cl2N3O3. The number of carbonyl (C=O) groups excluding carboxylic acids is 1. The van der Waals surface area contributed by atoms with Crippen molar-refractivity contribution in [1.29, 1.82) is 0 Å². The van der Waals surface area contributed by atoms with Crippen molar-refractivity contribution in [3.05, 3.63) is 18.2 Å². The van der Waals surface area contributed by atoms with Gasteiger partial charge in [0.1, 0.15) is 6.61 Å². The number of nitrogens with zero attached hydrogens (tertiary/aromatic N) is 1. The summed E-state index contributed by atoms with van der Waals surface area (Å²) in [4.78, 5) is 13.9. The van der Waals surface area contributed by atoms with Gasteiger partial charge in [-0.05, 0) is 32.1 Å². The zero-order valence-electron chi connectivity index (χ0n) is 14.7. The third kappa shape index (κ3) is 8.06. The quantitative estimate of drug-likeness (QED) is 0.687. The van der Waals surface area contributed by atoms with Crippen LogP contribution in [0, 0.1) is 0 Å². The second kappa shape index (κ2) is 13.1. The number of ether oxygens (including phenoxy) is 2. The lowest BCUT2D eigenvalue weighted by Gasteiger charge is -2.19. The van der Waals surface area contributed by atoms with Crippen molar-refractivity contribution in [2.24, 2.45) is 5.73 Å². The molecule has 0 aromatic heterocycles. The molecule has 0 aliphatic carbocycles. The molecule has 0 bridgehead atoms. The Morgan fingerprint density at radius 3 is 2.38 bits per heavy atom. The molecule has 0 heterocycles. The third-order valence-corrected chi connectivity index (χ3v) is 3.40. The molecule has 3 N–H and O–H groups in total. The number of benzene rings is 1. The first-order valence-electron chi connectivity index (χ1n) is 7.61. The van der Waals surface area contributed by atoms with Crippen molar-refractivity contribution < 1.29 is 14.3 Å². The van der Waals surface area contributed by atoms with Crippen LogP contribution in [0.25, 0.3) is 0 Å². The van der Waals surface area contributed by atoms with E-state index in [1.165, 1.54) is 0 Å². The smallest absolute Gasteiger partial charge is 0.241 e. The van der Waals surface area contributed by atoms with Gasteiger partial charge in [0.05, 0.1) is 13.2 Å². The van der Waals surface area contributed by atoms with Crippen molar-refractivity contribution in [3.63, 3.8) is 0 Å². The molecule has 0 spiro atoms. The number of nitrogens with one attached hydrogen (secondary N) is 1. The minimum Gasteiger partial charge on any atom is -0.493 e. The molecule has 0 radical (unpaired) electrons. The van der Waals surface area contributed by atoms with Gasteiger partial charge in [0.2, 0.25) is 5.91 Å². The Kier molecular flexibility index (Phi) is 13.7. The fourth-order valence-corrected chi connectivity index (χ4v) is 1.95. The summed E-state index contributed by atoms with van der Waals surface area (Å²) in [6.45, 7) is 9.25. The number of carbonyl (C=O) groups is 1. The molecule has 0 fully saturated rings. The molecule has 1 rings (SSSR count). The van der Waals surface area contributed by atoms with Crippen LogP contribution in [0.3, 0.4) is 0 Å². The van der Waals surface area contributed by atoms with Crippen LogP contribution in [-0.4, -0.2) is 50.2 Å². The molecule has 1 aromatic carbocycles. The normalized spacial score (nSPS) is 11.1. The van der Waals surface area contributed by atoms with E-state index in [9.17, 15) is 4.79 Å². The third-order valence-electron chi connectivity index (χ3n) is 3.40. The zero-order valence-corrected chi connectivity index (χ0v) is 16.3. The van der Waals surface area contributed by atoms with E-state index in [0.29, 0.717) is 23.8 Å². The van der Waals surface area contributed by atoms with Crippen molar-refractivity contribution in [3.8, 4) is 11.5 Å². The lowest BCUT2D eigenvalue weighted by Crippen LogP contribution is -2.32. The summed E-state index contributed by atoms with van der Waals surface area (Å²) in [6.07, 6.45) is 0. The number of halogens is 2. The SMILES string of the molecule is CCN(CC)CCOc1cc(NC(=O)C(C)N)ccc1OC.Cl.Cl. The Morgan fingerprint density at radius 1 is 1.25 bits per heavy atom. The summed E-state index contributed by atoms with van der Waals surface area (Å²) < 4.78 is 11.1. The highest BCUT2D eigenvalue weighted by molar-refractivity contribution is 5.94. The summed E-state index contributed by atoms with van der Waals surface area (Å²) >= 11 is 0. The highest BCUT2D eigenvalue weighted by Crippen LogP contribution is 2.30. The van der Waals surface area contributed by atoms with Gasteiger partial charge in [0.25, 0.3) is 0 Å². The second-order valence-corrected chi connectivity index (χ2v) is 5.02. The Balaban J connectivity index is 0. The second-order valence-electron chi connectivity index (χ2n) is 5.02. The van der Waals surface area contributed by atoms with E-state index in [0.717, 1.165) is 19.6 Å². The number of methoxy groups -OCH3 is 1. The number of amides is 1. The monoisotopic (exact) mass is 381 g/mol. The fourth-order valence-electron chi connectivity index (χ4n) is 1.95. The number of likely N-dealkylation sites (N-methyl/N-ethyl adjacent to an activating group) is 1. The predicted molar refractivity (Wildman–Crippen MR) is 103 cm³/mol. The average molecular weight is 382 g/mol. The van der Waals surface area contributed by atoms with Crippen molar-refractivity contribution in [2.45, 2.75) is 26.8 Å². The molecule has 6 nitrogen and oxygen atoms in total. The van der Waals surface area contributed by atoms with Crippen molar-refractivity contribution in [2.75, 3.05) is 38.7 Å². The lowest BCUT2D eigenvalue weighted by molar-refractivity contribution is -0.117. The minimum atomic E-state index is -0.561. The lowest BCUT2D eigenvalue weighted by atomic mass is 10.2. The van der Waals surface area contributed by atoms with Gasteiger partial charge in [0.15, 0.2) is 11.5 Å². The Hall–Kier alpha value is -1.21. The van der Waals surface area contributed by atoms with Gasteiger partial charge in [0, 0.05) is 18.3 Å². The number of rotatable bonds is 9. The van der Waals surface area contributed by atoms with Crippen molar-refractivity contribution >= 4 is 36.4 Å². The van der Waals surface area contributed by atoms with Crippen LogP contribution in [-0.2, 0) is 4.79 Å². The van der Waals surface area contributed by atoms with Crippen LogP contribution >= 0.6 is 24.8 Å². The first-order chi connectivity index (χ1) is 10.5. The Bertz CT molecular complexity index is 484. The van der Waals surface area contributed by atoms with E-state index in [1.54, 1.807) is 32.2 Å². The summed E-state index contributed by atoms with van der Waals surface area (Å²) in [6, 6.07) is 4.72. The van der Waals surface area contributed by atoms with E-state index >= 15 is 0 Å². The molecule has 140 valence electrons. The van der Waals surface area contributed by atoms with E-state index in [2.05, 4.69) is 24.1 Å². The fraction of sp³-hybridized carbons (Fsp3) is 0.562. The van der Waals surface area contributed by atoms with E-state index in [1.807, 2.05) is 0 Å². The van der Waals surface area contributed by atoms with Crippen LogP contribution in [0.2, 0.25) is 0 Å². The molecule has 0 saturated heterocycles. The van der Waals surface area contributed by atoms with Crippen LogP contribution in [0.1, 0.15) is 20.8 Å². The topological polar surface area (TPSA) is 76.8 Å². The first-order valence-corrected chi connectivity index (χ1v) is 7.61. The summed E-state index contributed by atoms with van der Waals surface area (Å²) in [5, 5.41) is 2.74. The molecule has 1 unspecified atom stereocenters. The molecule has 0 aliphatic heterocycles. The van der Waals surface area contributed by atoms with Crippen LogP contribution in [0.5, 0.6) is 11.5 Å². The molecule has 0 saturated carbocycles. The first kappa shape index (κ1) is 25.0. The van der Waals surface area contributed by atoms with Gasteiger partial charge in [-0.15, -0.1) is 24.8 Å².